The highest BCUT2D eigenvalue weighted by molar-refractivity contribution is 7.23. The Morgan fingerprint density at radius 3 is 2.62 bits per heavy atom. The van der Waals surface area contributed by atoms with E-state index in [-0.39, 0.29) is 24.1 Å². The van der Waals surface area contributed by atoms with Crippen LogP contribution in [0.15, 0.2) is 24.3 Å². The molecular weight excluding hydrogens is 508 g/mol. The van der Waals surface area contributed by atoms with E-state index in [4.69, 9.17) is 14.5 Å². The van der Waals surface area contributed by atoms with E-state index >= 15 is 0 Å². The lowest BCUT2D eigenvalue weighted by Crippen LogP contribution is -2.46. The van der Waals surface area contributed by atoms with E-state index in [0.717, 1.165) is 36.2 Å². The molecule has 2 unspecified atom stereocenters. The number of benzene rings is 1. The molecule has 0 bridgehead atoms. The van der Waals surface area contributed by atoms with Gasteiger partial charge < -0.3 is 20.1 Å². The number of amides is 2. The van der Waals surface area contributed by atoms with Crippen LogP contribution in [-0.2, 0) is 20.7 Å². The maximum atomic E-state index is 13.1. The van der Waals surface area contributed by atoms with Crippen molar-refractivity contribution in [3.05, 3.63) is 34.7 Å². The molecule has 0 saturated carbocycles. The Morgan fingerprint density at radius 2 is 1.92 bits per heavy atom. The number of thiazole rings is 1. The standard InChI is InChI=1S/C27H36N4O4S2/c1-16-15-18-22(24-29-19-9-7-8-10-20(19)36-24)25(30-21(32)11-12-28-13-14-34-6)37-23(18)17(2)31(16)26(33)35-27(3,4)5/h7-10,16-17,28H,11-15H2,1-6H3,(H,30,32). The minimum atomic E-state index is -0.575. The van der Waals surface area contributed by atoms with Gasteiger partial charge in [-0.3, -0.25) is 9.69 Å². The molecule has 3 heterocycles. The number of anilines is 1. The average Bonchev–Trinajstić information content (AvgIpc) is 3.38. The Labute approximate surface area is 226 Å². The zero-order valence-corrected chi connectivity index (χ0v) is 24.0. The van der Waals surface area contributed by atoms with Gasteiger partial charge in [0, 0.05) is 43.1 Å². The van der Waals surface area contributed by atoms with Crippen LogP contribution in [0.25, 0.3) is 20.8 Å². The third kappa shape index (κ3) is 6.31. The molecule has 0 aliphatic carbocycles. The Bertz CT molecular complexity index is 1230. The number of para-hydroxylation sites is 1. The van der Waals surface area contributed by atoms with Gasteiger partial charge in [0.1, 0.15) is 15.6 Å². The number of hydrogen-bond donors (Lipinski definition) is 2. The zero-order valence-electron chi connectivity index (χ0n) is 22.3. The van der Waals surface area contributed by atoms with Gasteiger partial charge >= 0.3 is 6.09 Å². The van der Waals surface area contributed by atoms with Gasteiger partial charge in [0.25, 0.3) is 0 Å². The van der Waals surface area contributed by atoms with E-state index in [9.17, 15) is 9.59 Å². The first-order valence-corrected chi connectivity index (χ1v) is 14.2. The molecule has 10 heteroatoms. The monoisotopic (exact) mass is 544 g/mol. The Morgan fingerprint density at radius 1 is 1.16 bits per heavy atom. The first-order chi connectivity index (χ1) is 17.6. The molecule has 3 aromatic rings. The topological polar surface area (TPSA) is 92.8 Å². The van der Waals surface area contributed by atoms with Gasteiger partial charge in [0.15, 0.2) is 0 Å². The number of hydrogen-bond acceptors (Lipinski definition) is 8. The van der Waals surface area contributed by atoms with Crippen LogP contribution in [0.1, 0.15) is 57.5 Å². The molecular formula is C27H36N4O4S2. The van der Waals surface area contributed by atoms with Crippen molar-refractivity contribution in [3.8, 4) is 10.6 Å². The second-order valence-corrected chi connectivity index (χ2v) is 12.4. The number of fused-ring (bicyclic) bond motifs is 2. The lowest BCUT2D eigenvalue weighted by molar-refractivity contribution is -0.116. The van der Waals surface area contributed by atoms with Gasteiger partial charge in [-0.15, -0.1) is 22.7 Å². The Balaban J connectivity index is 1.68. The van der Waals surface area contributed by atoms with Crippen molar-refractivity contribution < 1.29 is 19.1 Å². The van der Waals surface area contributed by atoms with Crippen molar-refractivity contribution in [2.75, 3.05) is 32.1 Å². The number of aromatic nitrogens is 1. The predicted molar refractivity (Wildman–Crippen MR) is 151 cm³/mol. The molecule has 200 valence electrons. The van der Waals surface area contributed by atoms with Gasteiger partial charge in [-0.1, -0.05) is 12.1 Å². The molecule has 2 N–H and O–H groups in total. The van der Waals surface area contributed by atoms with Gasteiger partial charge in [-0.05, 0) is 58.7 Å². The van der Waals surface area contributed by atoms with Crippen LogP contribution in [0.5, 0.6) is 0 Å². The summed E-state index contributed by atoms with van der Waals surface area (Å²) in [7, 11) is 1.66. The fourth-order valence-electron chi connectivity index (χ4n) is 4.56. The largest absolute Gasteiger partial charge is 0.444 e. The zero-order chi connectivity index (χ0) is 26.7. The maximum absolute atomic E-state index is 13.1. The normalized spacial score (nSPS) is 17.6. The first-order valence-electron chi connectivity index (χ1n) is 12.6. The summed E-state index contributed by atoms with van der Waals surface area (Å²) in [5, 5.41) is 8.05. The molecule has 2 aromatic heterocycles. The lowest BCUT2D eigenvalue weighted by atomic mass is 9.93. The van der Waals surface area contributed by atoms with E-state index in [1.165, 1.54) is 11.3 Å². The number of carbonyl (C=O) groups excluding carboxylic acids is 2. The number of ether oxygens (including phenoxy) is 2. The molecule has 2 amide bonds. The minimum Gasteiger partial charge on any atom is -0.444 e. The van der Waals surface area contributed by atoms with E-state index < -0.39 is 5.60 Å². The summed E-state index contributed by atoms with van der Waals surface area (Å²) in [4.78, 5) is 33.8. The summed E-state index contributed by atoms with van der Waals surface area (Å²) in [6.07, 6.45) is 0.692. The fraction of sp³-hybridized carbons (Fsp3) is 0.519. The van der Waals surface area contributed by atoms with Crippen molar-refractivity contribution in [3.63, 3.8) is 0 Å². The van der Waals surface area contributed by atoms with Crippen LogP contribution in [0, 0.1) is 0 Å². The molecule has 0 saturated heterocycles. The molecule has 0 radical (unpaired) electrons. The first kappa shape index (κ1) is 27.5. The van der Waals surface area contributed by atoms with Gasteiger partial charge in [0.2, 0.25) is 5.91 Å². The molecule has 1 aromatic carbocycles. The summed E-state index contributed by atoms with van der Waals surface area (Å²) in [5.74, 6) is -0.0597. The van der Waals surface area contributed by atoms with Crippen molar-refractivity contribution in [2.45, 2.75) is 65.1 Å². The SMILES string of the molecule is COCCNCCC(=O)Nc1sc2c(c1-c1nc3ccccc3s1)CC(C)N(C(=O)OC(C)(C)C)C2C. The fourth-order valence-corrected chi connectivity index (χ4v) is 6.97. The van der Waals surface area contributed by atoms with E-state index in [2.05, 4.69) is 16.7 Å². The lowest BCUT2D eigenvalue weighted by Gasteiger charge is -2.39. The third-order valence-corrected chi connectivity index (χ3v) is 8.56. The highest BCUT2D eigenvalue weighted by Crippen LogP contribution is 2.50. The average molecular weight is 545 g/mol. The van der Waals surface area contributed by atoms with Gasteiger partial charge in [-0.25, -0.2) is 9.78 Å². The number of carbonyl (C=O) groups is 2. The maximum Gasteiger partial charge on any atom is 0.411 e. The van der Waals surface area contributed by atoms with Crippen LogP contribution >= 0.6 is 22.7 Å². The van der Waals surface area contributed by atoms with Crippen LogP contribution in [0.2, 0.25) is 0 Å². The molecule has 1 aliphatic rings. The number of nitrogens with zero attached hydrogens (tertiary/aromatic N) is 2. The highest BCUT2D eigenvalue weighted by atomic mass is 32.1. The van der Waals surface area contributed by atoms with Crippen LogP contribution in [-0.4, -0.2) is 60.3 Å². The quantitative estimate of drug-likeness (QED) is 0.347. The molecule has 0 fully saturated rings. The van der Waals surface area contributed by atoms with E-state index in [1.807, 2.05) is 57.7 Å². The molecule has 1 aliphatic heterocycles. The van der Waals surface area contributed by atoms with Crippen LogP contribution < -0.4 is 10.6 Å². The molecule has 8 nitrogen and oxygen atoms in total. The second-order valence-electron chi connectivity index (χ2n) is 10.3. The predicted octanol–water partition coefficient (Wildman–Crippen LogP) is 5.83. The van der Waals surface area contributed by atoms with Crippen molar-refractivity contribution in [2.24, 2.45) is 0 Å². The second kappa shape index (κ2) is 11.5. The minimum absolute atomic E-state index is 0.0597. The number of thiophene rings is 1. The summed E-state index contributed by atoms with van der Waals surface area (Å²) in [5.41, 5.74) is 2.49. The Hall–Kier alpha value is -2.53. The van der Waals surface area contributed by atoms with Crippen molar-refractivity contribution >= 4 is 49.9 Å². The molecule has 4 rings (SSSR count). The summed E-state index contributed by atoms with van der Waals surface area (Å²) < 4.78 is 11.9. The van der Waals surface area contributed by atoms with Crippen molar-refractivity contribution in [1.82, 2.24) is 15.2 Å². The smallest absolute Gasteiger partial charge is 0.411 e. The van der Waals surface area contributed by atoms with Crippen LogP contribution in [0.4, 0.5) is 9.80 Å². The molecule has 0 spiro atoms. The van der Waals surface area contributed by atoms with E-state index in [1.54, 1.807) is 18.4 Å². The number of methoxy groups -OCH3 is 1. The number of rotatable bonds is 8. The summed E-state index contributed by atoms with van der Waals surface area (Å²) in [6.45, 7) is 11.6. The van der Waals surface area contributed by atoms with E-state index in [0.29, 0.717) is 32.5 Å². The summed E-state index contributed by atoms with van der Waals surface area (Å²) >= 11 is 3.16. The summed E-state index contributed by atoms with van der Waals surface area (Å²) in [6, 6.07) is 7.82. The highest BCUT2D eigenvalue weighted by Gasteiger charge is 2.39. The number of nitrogens with one attached hydrogen (secondary N) is 2. The van der Waals surface area contributed by atoms with Crippen LogP contribution in [0.3, 0.4) is 0 Å². The Kier molecular flexibility index (Phi) is 8.52. The van der Waals surface area contributed by atoms with Crippen molar-refractivity contribution in [1.29, 1.82) is 0 Å². The van der Waals surface area contributed by atoms with Gasteiger partial charge in [0.05, 0.1) is 22.9 Å². The third-order valence-electron chi connectivity index (χ3n) is 6.19. The molecule has 37 heavy (non-hydrogen) atoms. The molecule has 2 atom stereocenters. The van der Waals surface area contributed by atoms with Gasteiger partial charge in [-0.2, -0.15) is 0 Å².